The molecule has 0 unspecified atom stereocenters. The zero-order valence-electron chi connectivity index (χ0n) is 9.07. The third kappa shape index (κ3) is 2.13. The van der Waals surface area contributed by atoms with E-state index in [4.69, 9.17) is 11.6 Å². The summed E-state index contributed by atoms with van der Waals surface area (Å²) >= 11 is 6.26. The number of hydrogen-bond acceptors (Lipinski definition) is 0. The molecular formula is C13H15ClN+. The highest BCUT2D eigenvalue weighted by Gasteiger charge is 2.15. The summed E-state index contributed by atoms with van der Waals surface area (Å²) in [5.74, 6) is 0.525. The van der Waals surface area contributed by atoms with Gasteiger partial charge in [0.25, 0.3) is 0 Å². The molecule has 0 saturated heterocycles. The van der Waals surface area contributed by atoms with Crippen molar-refractivity contribution in [2.45, 2.75) is 19.8 Å². The van der Waals surface area contributed by atoms with Crippen LogP contribution in [-0.2, 0) is 0 Å². The van der Waals surface area contributed by atoms with Crippen LogP contribution in [0.1, 0.15) is 25.3 Å². The van der Waals surface area contributed by atoms with Gasteiger partial charge in [0.1, 0.15) is 5.02 Å². The van der Waals surface area contributed by atoms with Crippen molar-refractivity contribution in [2.24, 2.45) is 0 Å². The van der Waals surface area contributed by atoms with Gasteiger partial charge in [-0.15, -0.1) is 0 Å². The van der Waals surface area contributed by atoms with Crippen LogP contribution in [0, 0.1) is 0 Å². The zero-order chi connectivity index (χ0) is 10.8. The standard InChI is InChI=1S/C13H15ClN/c1-10(2)11-5-6-13(12(14)9-11)15-7-3-4-8-15/h3-7,9-10H,8H2,1-2H3/q+1. The van der Waals surface area contributed by atoms with E-state index in [1.165, 1.54) is 5.56 Å². The van der Waals surface area contributed by atoms with Crippen LogP contribution in [0.15, 0.2) is 30.4 Å². The molecule has 1 heterocycles. The molecule has 0 amide bonds. The van der Waals surface area contributed by atoms with Crippen LogP contribution < -0.4 is 0 Å². The number of benzene rings is 1. The Balaban J connectivity index is 2.35. The smallest absolute Gasteiger partial charge is 0.194 e. The lowest BCUT2D eigenvalue weighted by Crippen LogP contribution is -2.02. The SMILES string of the molecule is CC(C)c1ccc([N+]2=CC=CC2)c(Cl)c1. The first-order chi connectivity index (χ1) is 7.18. The lowest BCUT2D eigenvalue weighted by Gasteiger charge is -2.06. The average molecular weight is 221 g/mol. The van der Waals surface area contributed by atoms with E-state index in [-0.39, 0.29) is 0 Å². The van der Waals surface area contributed by atoms with Crippen LogP contribution in [0.2, 0.25) is 5.02 Å². The first kappa shape index (κ1) is 10.4. The topological polar surface area (TPSA) is 3.01 Å². The summed E-state index contributed by atoms with van der Waals surface area (Å²) in [4.78, 5) is 0. The minimum absolute atomic E-state index is 0.525. The maximum Gasteiger partial charge on any atom is 0.224 e. The lowest BCUT2D eigenvalue weighted by molar-refractivity contribution is -0.418. The first-order valence-corrected chi connectivity index (χ1v) is 5.62. The van der Waals surface area contributed by atoms with Gasteiger partial charge in [-0.1, -0.05) is 31.5 Å². The van der Waals surface area contributed by atoms with Crippen LogP contribution in [0.25, 0.3) is 0 Å². The summed E-state index contributed by atoms with van der Waals surface area (Å²) in [7, 11) is 0. The summed E-state index contributed by atoms with van der Waals surface area (Å²) < 4.78 is 2.15. The molecule has 0 aliphatic carbocycles. The Labute approximate surface area is 95.7 Å². The van der Waals surface area contributed by atoms with Crippen molar-refractivity contribution in [3.8, 4) is 0 Å². The van der Waals surface area contributed by atoms with E-state index < -0.39 is 0 Å². The summed E-state index contributed by atoms with van der Waals surface area (Å²) in [6, 6.07) is 6.31. The van der Waals surface area contributed by atoms with E-state index in [0.29, 0.717) is 5.92 Å². The van der Waals surface area contributed by atoms with Crippen LogP contribution in [0.3, 0.4) is 0 Å². The molecule has 1 aliphatic rings. The summed E-state index contributed by atoms with van der Waals surface area (Å²) in [5, 5.41) is 0.834. The van der Waals surface area contributed by atoms with Crippen molar-refractivity contribution < 1.29 is 4.58 Å². The minimum Gasteiger partial charge on any atom is -0.194 e. The summed E-state index contributed by atoms with van der Waals surface area (Å²) in [6.45, 7) is 5.27. The fourth-order valence-electron chi connectivity index (χ4n) is 1.69. The fraction of sp³-hybridized carbons (Fsp3) is 0.308. The zero-order valence-corrected chi connectivity index (χ0v) is 9.83. The van der Waals surface area contributed by atoms with Crippen molar-refractivity contribution in [3.05, 3.63) is 40.9 Å². The van der Waals surface area contributed by atoms with Crippen LogP contribution in [-0.4, -0.2) is 17.3 Å². The van der Waals surface area contributed by atoms with Crippen molar-refractivity contribution in [1.29, 1.82) is 0 Å². The van der Waals surface area contributed by atoms with Gasteiger partial charge in [-0.25, -0.2) is 0 Å². The number of nitrogens with zero attached hydrogens (tertiary/aromatic N) is 1. The highest BCUT2D eigenvalue weighted by atomic mass is 35.5. The largest absolute Gasteiger partial charge is 0.224 e. The minimum atomic E-state index is 0.525. The normalized spacial score (nSPS) is 14.8. The molecule has 0 atom stereocenters. The predicted molar refractivity (Wildman–Crippen MR) is 65.5 cm³/mol. The van der Waals surface area contributed by atoms with Gasteiger partial charge in [0.15, 0.2) is 12.8 Å². The molecular weight excluding hydrogens is 206 g/mol. The molecule has 0 spiro atoms. The Morgan fingerprint density at radius 3 is 2.67 bits per heavy atom. The highest BCUT2D eigenvalue weighted by Crippen LogP contribution is 2.28. The van der Waals surface area contributed by atoms with Gasteiger partial charge in [-0.2, -0.15) is 4.58 Å². The molecule has 1 aromatic rings. The number of rotatable bonds is 2. The molecule has 1 nitrogen and oxygen atoms in total. The van der Waals surface area contributed by atoms with Crippen molar-refractivity contribution in [3.63, 3.8) is 0 Å². The molecule has 0 aromatic heterocycles. The Kier molecular flexibility index (Phi) is 2.92. The highest BCUT2D eigenvalue weighted by molar-refractivity contribution is 6.32. The molecule has 2 rings (SSSR count). The second-order valence-corrected chi connectivity index (χ2v) is 4.50. The quantitative estimate of drug-likeness (QED) is 0.668. The fourth-order valence-corrected chi connectivity index (χ4v) is 1.99. The molecule has 0 bridgehead atoms. The van der Waals surface area contributed by atoms with Gasteiger partial charge in [-0.3, -0.25) is 0 Å². The summed E-state index contributed by atoms with van der Waals surface area (Å²) in [6.07, 6.45) is 6.22. The molecule has 1 aliphatic heterocycles. The van der Waals surface area contributed by atoms with E-state index >= 15 is 0 Å². The Morgan fingerprint density at radius 2 is 2.13 bits per heavy atom. The van der Waals surface area contributed by atoms with Crippen LogP contribution in [0.4, 0.5) is 5.69 Å². The van der Waals surface area contributed by atoms with Crippen LogP contribution in [0.5, 0.6) is 0 Å². The molecule has 1 aromatic carbocycles. The Morgan fingerprint density at radius 1 is 1.33 bits per heavy atom. The summed E-state index contributed by atoms with van der Waals surface area (Å²) in [5.41, 5.74) is 2.38. The molecule has 15 heavy (non-hydrogen) atoms. The second-order valence-electron chi connectivity index (χ2n) is 4.10. The first-order valence-electron chi connectivity index (χ1n) is 5.24. The Bertz CT molecular complexity index is 430. The van der Waals surface area contributed by atoms with Crippen molar-refractivity contribution >= 4 is 23.5 Å². The molecule has 2 heteroatoms. The second kappa shape index (κ2) is 4.19. The van der Waals surface area contributed by atoms with E-state index in [1.807, 2.05) is 6.08 Å². The third-order valence-corrected chi connectivity index (χ3v) is 2.95. The van der Waals surface area contributed by atoms with E-state index in [1.54, 1.807) is 0 Å². The van der Waals surface area contributed by atoms with Gasteiger partial charge in [0.05, 0.1) is 0 Å². The van der Waals surface area contributed by atoms with Crippen molar-refractivity contribution in [1.82, 2.24) is 0 Å². The maximum atomic E-state index is 6.26. The Hall–Kier alpha value is -1.08. The molecule has 0 radical (unpaired) electrons. The van der Waals surface area contributed by atoms with E-state index in [2.05, 4.69) is 48.9 Å². The van der Waals surface area contributed by atoms with E-state index in [9.17, 15) is 0 Å². The number of hydrogen-bond donors (Lipinski definition) is 0. The van der Waals surface area contributed by atoms with Gasteiger partial charge in [0.2, 0.25) is 5.69 Å². The van der Waals surface area contributed by atoms with Gasteiger partial charge in [-0.05, 0) is 23.6 Å². The molecule has 0 saturated carbocycles. The number of allylic oxidation sites excluding steroid dienone is 1. The average Bonchev–Trinajstić information content (AvgIpc) is 2.70. The monoisotopic (exact) mass is 220 g/mol. The van der Waals surface area contributed by atoms with Crippen molar-refractivity contribution in [2.75, 3.05) is 6.54 Å². The van der Waals surface area contributed by atoms with Gasteiger partial charge >= 0.3 is 0 Å². The molecule has 0 N–H and O–H groups in total. The van der Waals surface area contributed by atoms with E-state index in [0.717, 1.165) is 17.3 Å². The van der Waals surface area contributed by atoms with Gasteiger partial charge < -0.3 is 0 Å². The lowest BCUT2D eigenvalue weighted by atomic mass is 10.0. The van der Waals surface area contributed by atoms with Gasteiger partial charge in [0, 0.05) is 12.1 Å². The van der Waals surface area contributed by atoms with Crippen LogP contribution >= 0.6 is 11.6 Å². The third-order valence-electron chi connectivity index (χ3n) is 2.65. The predicted octanol–water partition coefficient (Wildman–Crippen LogP) is 3.75. The number of halogens is 1. The molecule has 78 valence electrons. The maximum absolute atomic E-state index is 6.26. The molecule has 0 fully saturated rings.